The summed E-state index contributed by atoms with van der Waals surface area (Å²) in [6, 6.07) is 2.97. The van der Waals surface area contributed by atoms with Crippen LogP contribution in [0.1, 0.15) is 37.6 Å². The summed E-state index contributed by atoms with van der Waals surface area (Å²) in [5.41, 5.74) is -0.411. The van der Waals surface area contributed by atoms with Crippen molar-refractivity contribution in [1.29, 1.82) is 0 Å². The first kappa shape index (κ1) is 19.3. The van der Waals surface area contributed by atoms with Crippen LogP contribution in [0.4, 0.5) is 8.78 Å². The van der Waals surface area contributed by atoms with Crippen LogP contribution in [0.3, 0.4) is 0 Å². The minimum absolute atomic E-state index is 0.0585. The lowest BCUT2D eigenvalue weighted by Crippen LogP contribution is -2.46. The summed E-state index contributed by atoms with van der Waals surface area (Å²) in [5.74, 6) is -2.06. The van der Waals surface area contributed by atoms with Crippen LogP contribution in [-0.2, 0) is 4.79 Å². The standard InChI is InChI=1S/C18H25F2N3O2/c1-18(2,3)21-16(24)12-22-7-4-8-23(10-9-22)17(25)14-6-5-13(19)11-15(14)20/h5-6,11H,4,7-10,12H2,1-3H3,(H,21,24). The summed E-state index contributed by atoms with van der Waals surface area (Å²) in [6.07, 6.45) is 0.692. The molecule has 7 heteroatoms. The van der Waals surface area contributed by atoms with E-state index in [1.54, 1.807) is 4.90 Å². The Hall–Kier alpha value is -2.02. The predicted molar refractivity (Wildman–Crippen MR) is 91.2 cm³/mol. The highest BCUT2D eigenvalue weighted by atomic mass is 19.1. The van der Waals surface area contributed by atoms with Gasteiger partial charge in [-0.15, -0.1) is 0 Å². The zero-order valence-electron chi connectivity index (χ0n) is 14.9. The van der Waals surface area contributed by atoms with Gasteiger partial charge in [-0.1, -0.05) is 0 Å². The molecule has 1 aromatic carbocycles. The number of benzene rings is 1. The molecule has 0 atom stereocenters. The summed E-state index contributed by atoms with van der Waals surface area (Å²) in [5, 5.41) is 2.91. The number of carbonyl (C=O) groups is 2. The van der Waals surface area contributed by atoms with Crippen molar-refractivity contribution < 1.29 is 18.4 Å². The summed E-state index contributed by atoms with van der Waals surface area (Å²) in [4.78, 5) is 28.0. The van der Waals surface area contributed by atoms with Gasteiger partial charge in [0.1, 0.15) is 11.6 Å². The highest BCUT2D eigenvalue weighted by molar-refractivity contribution is 5.94. The Kier molecular flexibility index (Phi) is 6.11. The molecule has 0 aliphatic carbocycles. The van der Waals surface area contributed by atoms with E-state index in [0.717, 1.165) is 6.07 Å². The summed E-state index contributed by atoms with van der Waals surface area (Å²) in [7, 11) is 0. The molecule has 1 heterocycles. The number of nitrogens with one attached hydrogen (secondary N) is 1. The van der Waals surface area contributed by atoms with Crippen LogP contribution in [0.25, 0.3) is 0 Å². The molecule has 138 valence electrons. The van der Waals surface area contributed by atoms with E-state index in [-0.39, 0.29) is 23.6 Å². The van der Waals surface area contributed by atoms with Crippen LogP contribution in [0.15, 0.2) is 18.2 Å². The first-order valence-electron chi connectivity index (χ1n) is 8.43. The number of carbonyl (C=O) groups excluding carboxylic acids is 2. The number of hydrogen-bond donors (Lipinski definition) is 1. The average Bonchev–Trinajstić information content (AvgIpc) is 2.70. The van der Waals surface area contributed by atoms with Gasteiger partial charge in [-0.25, -0.2) is 8.78 Å². The zero-order valence-corrected chi connectivity index (χ0v) is 14.9. The molecule has 5 nitrogen and oxygen atoms in total. The van der Waals surface area contributed by atoms with E-state index in [0.29, 0.717) is 38.7 Å². The van der Waals surface area contributed by atoms with E-state index in [9.17, 15) is 18.4 Å². The number of amides is 2. The zero-order chi connectivity index (χ0) is 18.6. The first-order chi connectivity index (χ1) is 11.7. The van der Waals surface area contributed by atoms with Crippen molar-refractivity contribution in [2.75, 3.05) is 32.7 Å². The van der Waals surface area contributed by atoms with E-state index in [1.807, 2.05) is 25.7 Å². The minimum atomic E-state index is -0.851. The monoisotopic (exact) mass is 353 g/mol. The van der Waals surface area contributed by atoms with Gasteiger partial charge in [0.15, 0.2) is 0 Å². The van der Waals surface area contributed by atoms with Gasteiger partial charge < -0.3 is 10.2 Å². The van der Waals surface area contributed by atoms with Gasteiger partial charge in [0.2, 0.25) is 5.91 Å². The van der Waals surface area contributed by atoms with Gasteiger partial charge in [0.05, 0.1) is 12.1 Å². The molecule has 0 bridgehead atoms. The van der Waals surface area contributed by atoms with E-state index in [2.05, 4.69) is 5.32 Å². The molecule has 1 fully saturated rings. The lowest BCUT2D eigenvalue weighted by atomic mass is 10.1. The smallest absolute Gasteiger partial charge is 0.256 e. The number of halogens is 2. The van der Waals surface area contributed by atoms with Crippen LogP contribution < -0.4 is 5.32 Å². The van der Waals surface area contributed by atoms with Gasteiger partial charge in [0.25, 0.3) is 5.91 Å². The topological polar surface area (TPSA) is 52.7 Å². The summed E-state index contributed by atoms with van der Waals surface area (Å²) < 4.78 is 26.8. The lowest BCUT2D eigenvalue weighted by Gasteiger charge is -2.25. The third-order valence-corrected chi connectivity index (χ3v) is 3.92. The average molecular weight is 353 g/mol. The predicted octanol–water partition coefficient (Wildman–Crippen LogP) is 2.03. The van der Waals surface area contributed by atoms with Crippen molar-refractivity contribution in [3.63, 3.8) is 0 Å². The Labute approximate surface area is 147 Å². The second-order valence-corrected chi connectivity index (χ2v) is 7.34. The van der Waals surface area contributed by atoms with Gasteiger partial charge in [-0.05, 0) is 39.3 Å². The molecular weight excluding hydrogens is 328 g/mol. The van der Waals surface area contributed by atoms with Crippen LogP contribution in [0, 0.1) is 11.6 Å². The molecule has 1 saturated heterocycles. The Morgan fingerprint density at radius 1 is 1.12 bits per heavy atom. The summed E-state index contributed by atoms with van der Waals surface area (Å²) >= 11 is 0. The normalized spacial score (nSPS) is 16.4. The molecule has 0 spiro atoms. The quantitative estimate of drug-likeness (QED) is 0.905. The van der Waals surface area contributed by atoms with Crippen molar-refractivity contribution in [3.05, 3.63) is 35.4 Å². The fourth-order valence-electron chi connectivity index (χ4n) is 2.83. The van der Waals surface area contributed by atoms with Crippen LogP contribution >= 0.6 is 0 Å². The van der Waals surface area contributed by atoms with E-state index in [4.69, 9.17) is 0 Å². The fraction of sp³-hybridized carbons (Fsp3) is 0.556. The molecule has 0 saturated carbocycles. The molecular formula is C18H25F2N3O2. The maximum atomic E-state index is 13.8. The SMILES string of the molecule is CC(C)(C)NC(=O)CN1CCCN(C(=O)c2ccc(F)cc2F)CC1. The van der Waals surface area contributed by atoms with Crippen molar-refractivity contribution in [2.45, 2.75) is 32.7 Å². The van der Waals surface area contributed by atoms with Gasteiger partial charge in [0, 0.05) is 37.8 Å². The fourth-order valence-corrected chi connectivity index (χ4v) is 2.83. The van der Waals surface area contributed by atoms with Crippen LogP contribution in [0.5, 0.6) is 0 Å². The third-order valence-electron chi connectivity index (χ3n) is 3.92. The summed E-state index contributed by atoms with van der Waals surface area (Å²) in [6.45, 7) is 8.13. The van der Waals surface area contributed by atoms with Crippen molar-refractivity contribution in [3.8, 4) is 0 Å². The Morgan fingerprint density at radius 3 is 2.48 bits per heavy atom. The molecule has 1 aliphatic rings. The van der Waals surface area contributed by atoms with E-state index in [1.165, 1.54) is 6.07 Å². The van der Waals surface area contributed by atoms with Crippen molar-refractivity contribution >= 4 is 11.8 Å². The maximum absolute atomic E-state index is 13.8. The van der Waals surface area contributed by atoms with Gasteiger partial charge in [-0.2, -0.15) is 0 Å². The molecule has 0 aromatic heterocycles. The van der Waals surface area contributed by atoms with Crippen LogP contribution in [0.2, 0.25) is 0 Å². The molecule has 1 N–H and O–H groups in total. The second kappa shape index (κ2) is 7.91. The van der Waals surface area contributed by atoms with Crippen LogP contribution in [-0.4, -0.2) is 59.9 Å². The first-order valence-corrected chi connectivity index (χ1v) is 8.43. The highest BCUT2D eigenvalue weighted by Crippen LogP contribution is 2.14. The number of rotatable bonds is 3. The number of hydrogen-bond acceptors (Lipinski definition) is 3. The van der Waals surface area contributed by atoms with Crippen molar-refractivity contribution in [2.24, 2.45) is 0 Å². The highest BCUT2D eigenvalue weighted by Gasteiger charge is 2.24. The lowest BCUT2D eigenvalue weighted by molar-refractivity contribution is -0.123. The Bertz CT molecular complexity index is 644. The Balaban J connectivity index is 1.94. The molecule has 1 aromatic rings. The second-order valence-electron chi connectivity index (χ2n) is 7.34. The maximum Gasteiger partial charge on any atom is 0.256 e. The van der Waals surface area contributed by atoms with E-state index < -0.39 is 17.5 Å². The third kappa shape index (κ3) is 5.77. The Morgan fingerprint density at radius 2 is 1.84 bits per heavy atom. The molecule has 0 unspecified atom stereocenters. The largest absolute Gasteiger partial charge is 0.350 e. The molecule has 2 amide bonds. The minimum Gasteiger partial charge on any atom is -0.350 e. The molecule has 1 aliphatic heterocycles. The molecule has 0 radical (unpaired) electrons. The number of nitrogens with zero attached hydrogens (tertiary/aromatic N) is 2. The van der Waals surface area contributed by atoms with Gasteiger partial charge in [-0.3, -0.25) is 14.5 Å². The van der Waals surface area contributed by atoms with Crippen molar-refractivity contribution in [1.82, 2.24) is 15.1 Å². The molecule has 25 heavy (non-hydrogen) atoms. The van der Waals surface area contributed by atoms with E-state index >= 15 is 0 Å². The molecule has 2 rings (SSSR count). The van der Waals surface area contributed by atoms with Gasteiger partial charge >= 0.3 is 0 Å².